The fourth-order valence-corrected chi connectivity index (χ4v) is 2.14. The average molecular weight is 287 g/mol. The second kappa shape index (κ2) is 6.88. The molecule has 2 N–H and O–H groups in total. The van der Waals surface area contributed by atoms with Gasteiger partial charge < -0.3 is 15.2 Å². The molecule has 112 valence electrons. The second-order valence-electron chi connectivity index (χ2n) is 4.85. The molecule has 2 rings (SSSR count). The molecule has 2 amide bonds. The van der Waals surface area contributed by atoms with Crippen LogP contribution in [-0.2, 0) is 13.0 Å². The van der Waals surface area contributed by atoms with Gasteiger partial charge in [-0.3, -0.25) is 0 Å². The van der Waals surface area contributed by atoms with Crippen LogP contribution in [0.15, 0.2) is 30.6 Å². The van der Waals surface area contributed by atoms with Gasteiger partial charge in [-0.15, -0.1) is 10.2 Å². The summed E-state index contributed by atoms with van der Waals surface area (Å²) in [6.07, 6.45) is 2.60. The van der Waals surface area contributed by atoms with Gasteiger partial charge in [0.1, 0.15) is 6.33 Å². The predicted octanol–water partition coefficient (Wildman–Crippen LogP) is 2.74. The van der Waals surface area contributed by atoms with Crippen LogP contribution in [0.5, 0.6) is 0 Å². The van der Waals surface area contributed by atoms with Gasteiger partial charge in [-0.2, -0.15) is 0 Å². The van der Waals surface area contributed by atoms with Gasteiger partial charge >= 0.3 is 6.03 Å². The molecule has 0 fully saturated rings. The van der Waals surface area contributed by atoms with Gasteiger partial charge in [-0.05, 0) is 38.0 Å². The molecule has 0 saturated carbocycles. The summed E-state index contributed by atoms with van der Waals surface area (Å²) in [7, 11) is 0. The van der Waals surface area contributed by atoms with Gasteiger partial charge in [-0.25, -0.2) is 4.79 Å². The Morgan fingerprint density at radius 3 is 2.90 bits per heavy atom. The highest BCUT2D eigenvalue weighted by molar-refractivity contribution is 5.89. The number of carbonyl (C=O) groups excluding carboxylic acids is 1. The van der Waals surface area contributed by atoms with Gasteiger partial charge in [0, 0.05) is 12.2 Å². The van der Waals surface area contributed by atoms with Crippen molar-refractivity contribution < 1.29 is 4.79 Å². The molecular formula is C15H21N5O. The van der Waals surface area contributed by atoms with E-state index in [0.717, 1.165) is 24.5 Å². The standard InChI is InChI=1S/C15H21N5O/c1-4-12-7-6-8-13(9-12)18-15(21)17-11(3)14-19-16-10-20(14)5-2/h6-11H,4-5H2,1-3H3,(H2,17,18,21). The van der Waals surface area contributed by atoms with E-state index in [1.54, 1.807) is 6.33 Å². The van der Waals surface area contributed by atoms with Crippen LogP contribution in [0.2, 0.25) is 0 Å². The average Bonchev–Trinajstić information content (AvgIpc) is 2.95. The predicted molar refractivity (Wildman–Crippen MR) is 82.1 cm³/mol. The van der Waals surface area contributed by atoms with Crippen LogP contribution < -0.4 is 10.6 Å². The van der Waals surface area contributed by atoms with Crippen molar-refractivity contribution in [1.82, 2.24) is 20.1 Å². The van der Waals surface area contributed by atoms with Crippen molar-refractivity contribution in [3.05, 3.63) is 42.0 Å². The minimum Gasteiger partial charge on any atom is -0.328 e. The lowest BCUT2D eigenvalue weighted by molar-refractivity contribution is 0.248. The van der Waals surface area contributed by atoms with Crippen molar-refractivity contribution in [2.24, 2.45) is 0 Å². The summed E-state index contributed by atoms with van der Waals surface area (Å²) in [4.78, 5) is 12.0. The molecule has 0 spiro atoms. The van der Waals surface area contributed by atoms with Crippen molar-refractivity contribution >= 4 is 11.7 Å². The zero-order valence-electron chi connectivity index (χ0n) is 12.6. The van der Waals surface area contributed by atoms with Crippen LogP contribution in [-0.4, -0.2) is 20.8 Å². The van der Waals surface area contributed by atoms with Gasteiger partial charge in [0.15, 0.2) is 5.82 Å². The maximum absolute atomic E-state index is 12.0. The Kier molecular flexibility index (Phi) is 4.92. The van der Waals surface area contributed by atoms with E-state index >= 15 is 0 Å². The third-order valence-electron chi connectivity index (χ3n) is 3.31. The van der Waals surface area contributed by atoms with Gasteiger partial charge in [0.05, 0.1) is 6.04 Å². The first-order valence-corrected chi connectivity index (χ1v) is 7.18. The lowest BCUT2D eigenvalue weighted by atomic mass is 10.1. The number of amides is 2. The van der Waals surface area contributed by atoms with Crippen molar-refractivity contribution in [3.8, 4) is 0 Å². The number of hydrogen-bond donors (Lipinski definition) is 2. The number of benzene rings is 1. The van der Waals surface area contributed by atoms with E-state index in [2.05, 4.69) is 27.8 Å². The number of nitrogens with zero attached hydrogens (tertiary/aromatic N) is 3. The van der Waals surface area contributed by atoms with Gasteiger partial charge in [-0.1, -0.05) is 19.1 Å². The number of hydrogen-bond acceptors (Lipinski definition) is 3. The Morgan fingerprint density at radius 2 is 2.19 bits per heavy atom. The number of nitrogens with one attached hydrogen (secondary N) is 2. The lowest BCUT2D eigenvalue weighted by Gasteiger charge is -2.15. The van der Waals surface area contributed by atoms with Crippen LogP contribution in [0.1, 0.15) is 38.2 Å². The molecule has 0 aliphatic heterocycles. The largest absolute Gasteiger partial charge is 0.328 e. The monoisotopic (exact) mass is 287 g/mol. The Labute approximate surface area is 124 Å². The van der Waals surface area contributed by atoms with Crippen molar-refractivity contribution in [1.29, 1.82) is 0 Å². The van der Waals surface area contributed by atoms with Gasteiger partial charge in [0.25, 0.3) is 0 Å². The fourth-order valence-electron chi connectivity index (χ4n) is 2.14. The first kappa shape index (κ1) is 15.0. The Balaban J connectivity index is 1.98. The zero-order chi connectivity index (χ0) is 15.2. The Morgan fingerprint density at radius 1 is 1.38 bits per heavy atom. The topological polar surface area (TPSA) is 71.8 Å². The maximum Gasteiger partial charge on any atom is 0.319 e. The van der Waals surface area contributed by atoms with E-state index in [4.69, 9.17) is 0 Å². The van der Waals surface area contributed by atoms with E-state index < -0.39 is 0 Å². The Hall–Kier alpha value is -2.37. The van der Waals surface area contributed by atoms with Gasteiger partial charge in [0.2, 0.25) is 0 Å². The fraction of sp³-hybridized carbons (Fsp3) is 0.400. The van der Waals surface area contributed by atoms with Crippen LogP contribution in [0.4, 0.5) is 10.5 Å². The third kappa shape index (κ3) is 3.81. The maximum atomic E-state index is 12.0. The minimum absolute atomic E-state index is 0.207. The number of carbonyl (C=O) groups is 1. The first-order valence-electron chi connectivity index (χ1n) is 7.18. The van der Waals surface area contributed by atoms with Crippen LogP contribution in [0.25, 0.3) is 0 Å². The quantitative estimate of drug-likeness (QED) is 0.888. The summed E-state index contributed by atoms with van der Waals surface area (Å²) < 4.78 is 1.91. The van der Waals surface area contributed by atoms with E-state index in [1.165, 1.54) is 5.56 Å². The van der Waals surface area contributed by atoms with Crippen LogP contribution in [0.3, 0.4) is 0 Å². The normalized spacial score (nSPS) is 12.0. The number of anilines is 1. The first-order chi connectivity index (χ1) is 10.1. The van der Waals surface area contributed by atoms with E-state index in [-0.39, 0.29) is 12.1 Å². The molecule has 1 atom stereocenters. The molecule has 21 heavy (non-hydrogen) atoms. The molecule has 0 aliphatic carbocycles. The number of urea groups is 1. The van der Waals surface area contributed by atoms with Crippen molar-refractivity contribution in [2.75, 3.05) is 5.32 Å². The summed E-state index contributed by atoms with van der Waals surface area (Å²) in [5.74, 6) is 0.745. The van der Waals surface area contributed by atoms with Crippen molar-refractivity contribution in [3.63, 3.8) is 0 Å². The minimum atomic E-state index is -0.249. The lowest BCUT2D eigenvalue weighted by Crippen LogP contribution is -2.32. The second-order valence-corrected chi connectivity index (χ2v) is 4.85. The number of rotatable bonds is 5. The molecule has 0 saturated heterocycles. The SMILES string of the molecule is CCc1cccc(NC(=O)NC(C)c2nncn2CC)c1. The molecular weight excluding hydrogens is 266 g/mol. The van der Waals surface area contributed by atoms with Crippen molar-refractivity contribution in [2.45, 2.75) is 39.8 Å². The summed E-state index contributed by atoms with van der Waals surface area (Å²) in [5, 5.41) is 13.6. The molecule has 6 heteroatoms. The van der Waals surface area contributed by atoms with E-state index in [0.29, 0.717) is 0 Å². The number of aromatic nitrogens is 3. The van der Waals surface area contributed by atoms with E-state index in [9.17, 15) is 4.79 Å². The molecule has 0 aliphatic rings. The molecule has 1 heterocycles. The molecule has 2 aromatic rings. The molecule has 0 radical (unpaired) electrons. The third-order valence-corrected chi connectivity index (χ3v) is 3.31. The smallest absolute Gasteiger partial charge is 0.319 e. The summed E-state index contributed by atoms with van der Waals surface area (Å²) in [5.41, 5.74) is 1.97. The van der Waals surface area contributed by atoms with Crippen LogP contribution in [0, 0.1) is 0 Å². The molecule has 1 aromatic carbocycles. The number of aryl methyl sites for hydroxylation is 2. The summed E-state index contributed by atoms with van der Waals surface area (Å²) in [6.45, 7) is 6.75. The van der Waals surface area contributed by atoms with E-state index in [1.807, 2.05) is 42.7 Å². The summed E-state index contributed by atoms with van der Waals surface area (Å²) in [6, 6.07) is 7.36. The zero-order valence-corrected chi connectivity index (χ0v) is 12.6. The molecule has 1 unspecified atom stereocenters. The highest BCUT2D eigenvalue weighted by atomic mass is 16.2. The molecule has 1 aromatic heterocycles. The van der Waals surface area contributed by atoms with Crippen LogP contribution >= 0.6 is 0 Å². The molecule has 0 bridgehead atoms. The highest BCUT2D eigenvalue weighted by Gasteiger charge is 2.15. The summed E-state index contributed by atoms with van der Waals surface area (Å²) >= 11 is 0. The molecule has 6 nitrogen and oxygen atoms in total. The highest BCUT2D eigenvalue weighted by Crippen LogP contribution is 2.12. The Bertz CT molecular complexity index is 608.